The maximum atomic E-state index is 5.57. The minimum absolute atomic E-state index is 0.151. The molecule has 0 unspecified atom stereocenters. The van der Waals surface area contributed by atoms with Gasteiger partial charge in [0, 0.05) is 71.1 Å². The van der Waals surface area contributed by atoms with Crippen molar-refractivity contribution in [3.63, 3.8) is 0 Å². The molecule has 8 N–H and O–H groups in total. The molecule has 1 aliphatic heterocycles. The molecule has 0 aromatic rings. The van der Waals surface area contributed by atoms with E-state index in [1.807, 2.05) is 14.1 Å². The molecule has 174 valence electrons. The average Bonchev–Trinajstić information content (AvgIpc) is 2.69. The van der Waals surface area contributed by atoms with E-state index in [0.717, 1.165) is 78.5 Å². The Bertz CT molecular complexity index is 512. The fourth-order valence-electron chi connectivity index (χ4n) is 3.63. The number of nitrogens with one attached hydrogen (secondary N) is 8. The Morgan fingerprint density at radius 1 is 0.967 bits per heavy atom. The van der Waals surface area contributed by atoms with Crippen molar-refractivity contribution in [2.24, 2.45) is 10.4 Å². The number of thiocarbonyl (C=S) groups is 2. The van der Waals surface area contributed by atoms with Crippen molar-refractivity contribution < 1.29 is 0 Å². The number of likely N-dealkylation sites (N-methyl/N-ethyl adjacent to an activating group) is 1. The van der Waals surface area contributed by atoms with Gasteiger partial charge in [0.05, 0.1) is 10.7 Å². The summed E-state index contributed by atoms with van der Waals surface area (Å²) in [4.78, 5) is 3.94. The maximum absolute atomic E-state index is 5.57. The van der Waals surface area contributed by atoms with Crippen molar-refractivity contribution in [1.82, 2.24) is 42.5 Å². The van der Waals surface area contributed by atoms with Crippen LogP contribution in [-0.4, -0.2) is 95.6 Å². The number of nitrogens with zero attached hydrogens (tertiary/aromatic N) is 1. The van der Waals surface area contributed by atoms with Gasteiger partial charge in [-0.1, -0.05) is 6.92 Å². The number of unbranched alkanes of at least 4 members (excludes halogenated alkanes) is 1. The van der Waals surface area contributed by atoms with Gasteiger partial charge in [0.15, 0.2) is 5.11 Å². The van der Waals surface area contributed by atoms with Gasteiger partial charge in [-0.25, -0.2) is 4.99 Å². The monoisotopic (exact) mass is 459 g/mol. The molecule has 30 heavy (non-hydrogen) atoms. The molecule has 0 aromatic heterocycles. The van der Waals surface area contributed by atoms with Crippen LogP contribution in [0.1, 0.15) is 19.8 Å². The number of hydrogen-bond donors (Lipinski definition) is 8. The Hall–Kier alpha value is -0.750. The van der Waals surface area contributed by atoms with E-state index in [2.05, 4.69) is 71.8 Å². The van der Waals surface area contributed by atoms with Gasteiger partial charge in [-0.2, -0.15) is 0 Å². The Kier molecular flexibility index (Phi) is 14.5. The maximum Gasteiger partial charge on any atom is 0.166 e. The zero-order valence-electron chi connectivity index (χ0n) is 18.7. The fraction of sp³-hybridized carbons (Fsp3) is 0.895. The van der Waals surface area contributed by atoms with E-state index in [4.69, 9.17) is 12.2 Å². The molecule has 0 saturated carbocycles. The minimum atomic E-state index is -0.253. The predicted molar refractivity (Wildman–Crippen MR) is 133 cm³/mol. The van der Waals surface area contributed by atoms with Crippen LogP contribution in [0.15, 0.2) is 4.99 Å². The molecule has 1 saturated heterocycles. The molecular weight excluding hydrogens is 418 g/mol. The molecule has 0 atom stereocenters. The highest BCUT2D eigenvalue weighted by atomic mass is 32.1. The van der Waals surface area contributed by atoms with Crippen molar-refractivity contribution in [1.29, 1.82) is 0 Å². The first kappa shape index (κ1) is 27.3. The van der Waals surface area contributed by atoms with Crippen LogP contribution in [0.5, 0.6) is 0 Å². The molecule has 0 amide bonds. The van der Waals surface area contributed by atoms with Crippen LogP contribution >= 0.6 is 24.4 Å². The Morgan fingerprint density at radius 2 is 1.57 bits per heavy atom. The van der Waals surface area contributed by atoms with Gasteiger partial charge in [-0.15, -0.1) is 0 Å². The molecule has 0 spiro atoms. The second-order valence-electron chi connectivity index (χ2n) is 8.27. The average molecular weight is 460 g/mol. The largest absolute Gasteiger partial charge is 0.363 e. The highest BCUT2D eigenvalue weighted by Crippen LogP contribution is 2.12. The summed E-state index contributed by atoms with van der Waals surface area (Å²) in [5, 5.41) is 30.7. The van der Waals surface area contributed by atoms with E-state index in [9.17, 15) is 0 Å². The molecule has 1 heterocycles. The van der Waals surface area contributed by atoms with E-state index in [0.29, 0.717) is 5.11 Å². The summed E-state index contributed by atoms with van der Waals surface area (Å²) < 4.78 is 0. The molecule has 1 aliphatic rings. The second kappa shape index (κ2) is 16.0. The SMILES string of the molecule is CNCC1(C)CNCNCC(CNC)(NC(=S)NCCCCN=C=S)CNCNC1. The van der Waals surface area contributed by atoms with Crippen molar-refractivity contribution in [2.45, 2.75) is 25.3 Å². The molecule has 0 aromatic carbocycles. The van der Waals surface area contributed by atoms with Crippen LogP contribution in [-0.2, 0) is 0 Å². The van der Waals surface area contributed by atoms with E-state index < -0.39 is 0 Å². The number of rotatable bonds is 10. The van der Waals surface area contributed by atoms with Crippen LogP contribution in [0.3, 0.4) is 0 Å². The van der Waals surface area contributed by atoms with Gasteiger partial charge in [-0.05, 0) is 51.4 Å². The Balaban J connectivity index is 2.59. The predicted octanol–water partition coefficient (Wildman–Crippen LogP) is -1.20. The van der Waals surface area contributed by atoms with Crippen LogP contribution < -0.4 is 42.5 Å². The lowest BCUT2D eigenvalue weighted by Crippen LogP contribution is -2.67. The second-order valence-corrected chi connectivity index (χ2v) is 8.86. The normalized spacial score (nSPS) is 26.0. The van der Waals surface area contributed by atoms with Gasteiger partial charge in [-0.3, -0.25) is 0 Å². The van der Waals surface area contributed by atoms with Gasteiger partial charge < -0.3 is 42.5 Å². The first-order chi connectivity index (χ1) is 14.5. The quantitative estimate of drug-likeness (QED) is 0.115. The first-order valence-electron chi connectivity index (χ1n) is 10.7. The summed E-state index contributed by atoms with van der Waals surface area (Å²) in [6.45, 7) is 10.4. The molecule has 0 aliphatic carbocycles. The van der Waals surface area contributed by atoms with E-state index in [1.54, 1.807) is 0 Å². The zero-order valence-corrected chi connectivity index (χ0v) is 20.4. The standard InChI is InChI=1S/C19H41N9S2/c1-18(8-20-2)9-23-14-25-12-19(11-21-3,13-26-15-24-10-18)28-17(30)27-7-5-4-6-22-16-29/h20-21,23-26H,4-15H2,1-3H3,(H2,27,28,30). The molecule has 0 bridgehead atoms. The third kappa shape index (κ3) is 11.6. The Labute approximate surface area is 192 Å². The lowest BCUT2D eigenvalue weighted by atomic mass is 9.90. The summed E-state index contributed by atoms with van der Waals surface area (Å²) >= 11 is 10.2. The highest BCUT2D eigenvalue weighted by Gasteiger charge is 2.30. The summed E-state index contributed by atoms with van der Waals surface area (Å²) in [5.41, 5.74) is -0.102. The lowest BCUT2D eigenvalue weighted by Gasteiger charge is -2.38. The summed E-state index contributed by atoms with van der Waals surface area (Å²) in [7, 11) is 3.96. The summed E-state index contributed by atoms with van der Waals surface area (Å²) in [5.74, 6) is 0. The van der Waals surface area contributed by atoms with Gasteiger partial charge in [0.25, 0.3) is 0 Å². The first-order valence-corrected chi connectivity index (χ1v) is 11.5. The van der Waals surface area contributed by atoms with Crippen molar-refractivity contribution in [3.05, 3.63) is 0 Å². The van der Waals surface area contributed by atoms with E-state index >= 15 is 0 Å². The lowest BCUT2D eigenvalue weighted by molar-refractivity contribution is 0.254. The zero-order chi connectivity index (χ0) is 22.1. The molecule has 1 fully saturated rings. The van der Waals surface area contributed by atoms with Crippen LogP contribution in [0.4, 0.5) is 0 Å². The minimum Gasteiger partial charge on any atom is -0.363 e. The van der Waals surface area contributed by atoms with Gasteiger partial charge in [0.1, 0.15) is 0 Å². The number of isothiocyanates is 1. The molecule has 1 rings (SSSR count). The smallest absolute Gasteiger partial charge is 0.166 e. The highest BCUT2D eigenvalue weighted by molar-refractivity contribution is 7.80. The van der Waals surface area contributed by atoms with Crippen LogP contribution in [0, 0.1) is 5.41 Å². The molecule has 9 nitrogen and oxygen atoms in total. The Morgan fingerprint density at radius 3 is 2.13 bits per heavy atom. The van der Waals surface area contributed by atoms with Crippen LogP contribution in [0.25, 0.3) is 0 Å². The van der Waals surface area contributed by atoms with E-state index in [-0.39, 0.29) is 11.0 Å². The van der Waals surface area contributed by atoms with Gasteiger partial charge in [0.2, 0.25) is 0 Å². The summed E-state index contributed by atoms with van der Waals surface area (Å²) in [6, 6.07) is 0. The third-order valence-corrected chi connectivity index (χ3v) is 5.45. The van der Waals surface area contributed by atoms with Crippen molar-refractivity contribution in [3.8, 4) is 0 Å². The third-order valence-electron chi connectivity index (χ3n) is 5.07. The number of hydrogen-bond acceptors (Lipinski definition) is 9. The fourth-order valence-corrected chi connectivity index (χ4v) is 4.04. The van der Waals surface area contributed by atoms with Crippen molar-refractivity contribution >= 4 is 34.7 Å². The number of aliphatic imine (C=N–C) groups is 1. The van der Waals surface area contributed by atoms with Crippen LogP contribution in [0.2, 0.25) is 0 Å². The molecular formula is C19H41N9S2. The topological polar surface area (TPSA) is 109 Å². The van der Waals surface area contributed by atoms with E-state index in [1.165, 1.54) is 0 Å². The molecule has 11 heteroatoms. The van der Waals surface area contributed by atoms with Gasteiger partial charge >= 0.3 is 0 Å². The summed E-state index contributed by atoms with van der Waals surface area (Å²) in [6.07, 6.45) is 1.95. The van der Waals surface area contributed by atoms with Crippen molar-refractivity contribution in [2.75, 3.05) is 79.8 Å². The molecule has 0 radical (unpaired) electrons.